The zero-order chi connectivity index (χ0) is 19.7. The predicted molar refractivity (Wildman–Crippen MR) is 113 cm³/mol. The number of fused-ring (bicyclic) bond motifs is 5. The van der Waals surface area contributed by atoms with Gasteiger partial charge in [-0.05, 0) is 103 Å². The maximum absolute atomic E-state index is 12.0. The standard InChI is InChI=1S/C26H38O2/c1-16-13-24(28-15-16)17(2)21-7-8-22-20-6-5-18-14-19(27)9-11-25(18,3)23(20)10-12-26(21,22)4/h14,17,20-24H,1,5-13,15H2,2-4H3/t17-,20-,21+,22-,23-,24-,25-,26+/m0/s1. The van der Waals surface area contributed by atoms with E-state index in [1.165, 1.54) is 49.7 Å². The molecule has 2 nitrogen and oxygen atoms in total. The first-order valence-corrected chi connectivity index (χ1v) is 11.8. The van der Waals surface area contributed by atoms with Crippen molar-refractivity contribution in [3.05, 3.63) is 23.8 Å². The molecule has 4 fully saturated rings. The van der Waals surface area contributed by atoms with Crippen molar-refractivity contribution in [1.82, 2.24) is 0 Å². The normalized spacial score (nSPS) is 49.2. The fourth-order valence-corrected chi connectivity index (χ4v) is 8.69. The second kappa shape index (κ2) is 6.56. The van der Waals surface area contributed by atoms with Crippen molar-refractivity contribution in [2.24, 2.45) is 40.4 Å². The van der Waals surface area contributed by atoms with Crippen LogP contribution in [-0.2, 0) is 9.53 Å². The summed E-state index contributed by atoms with van der Waals surface area (Å²) in [6, 6.07) is 0. The van der Waals surface area contributed by atoms with Crippen LogP contribution in [-0.4, -0.2) is 18.5 Å². The number of carbonyl (C=O) groups is 1. The molecule has 0 unspecified atom stereocenters. The summed E-state index contributed by atoms with van der Waals surface area (Å²) in [5, 5.41) is 0. The Hall–Kier alpha value is -0.890. The minimum atomic E-state index is 0.300. The zero-order valence-corrected chi connectivity index (χ0v) is 18.1. The summed E-state index contributed by atoms with van der Waals surface area (Å²) in [4.78, 5) is 12.0. The third kappa shape index (κ3) is 2.66. The van der Waals surface area contributed by atoms with Gasteiger partial charge in [0.05, 0.1) is 12.7 Å². The molecule has 0 aromatic heterocycles. The molecule has 154 valence electrons. The lowest BCUT2D eigenvalue weighted by Gasteiger charge is -2.58. The number of ether oxygens (including phenoxy) is 1. The van der Waals surface area contributed by atoms with Gasteiger partial charge < -0.3 is 4.74 Å². The largest absolute Gasteiger partial charge is 0.373 e. The molecule has 1 heterocycles. The number of carbonyl (C=O) groups excluding carboxylic acids is 1. The van der Waals surface area contributed by atoms with Gasteiger partial charge in [0.1, 0.15) is 0 Å². The van der Waals surface area contributed by atoms with E-state index in [1.54, 1.807) is 0 Å². The van der Waals surface area contributed by atoms with E-state index in [9.17, 15) is 4.79 Å². The lowest BCUT2D eigenvalue weighted by molar-refractivity contribution is -0.117. The summed E-state index contributed by atoms with van der Waals surface area (Å²) < 4.78 is 6.13. The van der Waals surface area contributed by atoms with Crippen LogP contribution >= 0.6 is 0 Å². The SMILES string of the molecule is C=C1CO[C@H]([C@@H](C)[C@H]2CC[C@H]3[C@@H]4CCC5=CC(=O)CC[C@]5(C)[C@H]4CC[C@]23C)C1. The monoisotopic (exact) mass is 382 g/mol. The van der Waals surface area contributed by atoms with Crippen molar-refractivity contribution in [2.45, 2.75) is 84.7 Å². The number of ketones is 1. The first-order valence-electron chi connectivity index (χ1n) is 11.8. The quantitative estimate of drug-likeness (QED) is 0.538. The van der Waals surface area contributed by atoms with Gasteiger partial charge in [0, 0.05) is 6.42 Å². The lowest BCUT2D eigenvalue weighted by atomic mass is 9.46. The maximum Gasteiger partial charge on any atom is 0.155 e. The Bertz CT molecular complexity index is 720. The van der Waals surface area contributed by atoms with Crippen molar-refractivity contribution in [3.63, 3.8) is 0 Å². The fourth-order valence-electron chi connectivity index (χ4n) is 8.69. The van der Waals surface area contributed by atoms with Crippen LogP contribution in [0.25, 0.3) is 0 Å². The summed E-state index contributed by atoms with van der Waals surface area (Å²) in [6.07, 6.45) is 13.4. The van der Waals surface area contributed by atoms with Crippen LogP contribution in [0.5, 0.6) is 0 Å². The second-order valence-electron chi connectivity index (χ2n) is 11.4. The summed E-state index contributed by atoms with van der Waals surface area (Å²) in [5.74, 6) is 4.36. The smallest absolute Gasteiger partial charge is 0.155 e. The summed E-state index contributed by atoms with van der Waals surface area (Å²) in [6.45, 7) is 12.5. The van der Waals surface area contributed by atoms with Crippen LogP contribution < -0.4 is 0 Å². The Morgan fingerprint density at radius 1 is 1.11 bits per heavy atom. The number of rotatable bonds is 2. The van der Waals surface area contributed by atoms with E-state index in [0.29, 0.717) is 28.6 Å². The first kappa shape index (κ1) is 19.1. The molecule has 0 N–H and O–H groups in total. The Morgan fingerprint density at radius 3 is 2.68 bits per heavy atom. The van der Waals surface area contributed by atoms with E-state index < -0.39 is 0 Å². The van der Waals surface area contributed by atoms with Crippen LogP contribution in [0.1, 0.15) is 78.6 Å². The van der Waals surface area contributed by atoms with Gasteiger partial charge in [0.25, 0.3) is 0 Å². The number of allylic oxidation sites excluding steroid dienone is 1. The van der Waals surface area contributed by atoms with Crippen molar-refractivity contribution in [3.8, 4) is 0 Å². The summed E-state index contributed by atoms with van der Waals surface area (Å²) in [7, 11) is 0. The molecule has 2 heteroatoms. The van der Waals surface area contributed by atoms with Gasteiger partial charge in [0.15, 0.2) is 5.78 Å². The van der Waals surface area contributed by atoms with E-state index in [0.717, 1.165) is 49.5 Å². The molecule has 0 amide bonds. The van der Waals surface area contributed by atoms with E-state index >= 15 is 0 Å². The second-order valence-corrected chi connectivity index (χ2v) is 11.4. The van der Waals surface area contributed by atoms with E-state index in [-0.39, 0.29) is 0 Å². The van der Waals surface area contributed by atoms with Crippen molar-refractivity contribution in [1.29, 1.82) is 0 Å². The van der Waals surface area contributed by atoms with Gasteiger partial charge in [-0.3, -0.25) is 4.79 Å². The van der Waals surface area contributed by atoms with Gasteiger partial charge >= 0.3 is 0 Å². The first-order chi connectivity index (χ1) is 13.3. The van der Waals surface area contributed by atoms with Crippen LogP contribution in [0.2, 0.25) is 0 Å². The van der Waals surface area contributed by atoms with Crippen LogP contribution in [0.15, 0.2) is 23.8 Å². The Kier molecular flexibility index (Phi) is 4.47. The maximum atomic E-state index is 12.0. The molecule has 8 atom stereocenters. The van der Waals surface area contributed by atoms with E-state index in [1.807, 2.05) is 6.08 Å². The molecule has 1 saturated heterocycles. The highest BCUT2D eigenvalue weighted by Gasteiger charge is 2.60. The molecule has 4 aliphatic carbocycles. The minimum Gasteiger partial charge on any atom is -0.373 e. The zero-order valence-electron chi connectivity index (χ0n) is 18.1. The topological polar surface area (TPSA) is 26.3 Å². The molecule has 28 heavy (non-hydrogen) atoms. The van der Waals surface area contributed by atoms with Gasteiger partial charge in [-0.2, -0.15) is 0 Å². The third-order valence-corrected chi connectivity index (χ3v) is 10.2. The number of hydrogen-bond donors (Lipinski definition) is 0. The highest BCUT2D eigenvalue weighted by Crippen LogP contribution is 2.67. The fraction of sp³-hybridized carbons (Fsp3) is 0.808. The van der Waals surface area contributed by atoms with Gasteiger partial charge in [-0.25, -0.2) is 0 Å². The molecule has 3 saturated carbocycles. The van der Waals surface area contributed by atoms with Gasteiger partial charge in [-0.1, -0.05) is 32.9 Å². The highest BCUT2D eigenvalue weighted by molar-refractivity contribution is 5.91. The van der Waals surface area contributed by atoms with Gasteiger partial charge in [0.2, 0.25) is 0 Å². The Morgan fingerprint density at radius 2 is 1.93 bits per heavy atom. The van der Waals surface area contributed by atoms with Crippen LogP contribution in [0.3, 0.4) is 0 Å². The molecule has 0 bridgehead atoms. The molecule has 0 spiro atoms. The average molecular weight is 383 g/mol. The molecule has 0 radical (unpaired) electrons. The summed E-state index contributed by atoms with van der Waals surface area (Å²) in [5.41, 5.74) is 3.56. The molecule has 0 aromatic carbocycles. The predicted octanol–water partition coefficient (Wildman–Crippen LogP) is 6.12. The van der Waals surface area contributed by atoms with Crippen molar-refractivity contribution in [2.75, 3.05) is 6.61 Å². The minimum absolute atomic E-state index is 0.300. The third-order valence-electron chi connectivity index (χ3n) is 10.2. The number of hydrogen-bond acceptors (Lipinski definition) is 2. The average Bonchev–Trinajstić information content (AvgIpc) is 3.25. The van der Waals surface area contributed by atoms with E-state index in [4.69, 9.17) is 4.74 Å². The molecule has 0 aromatic rings. The molecule has 5 rings (SSSR count). The Labute approximate surface area is 171 Å². The summed E-state index contributed by atoms with van der Waals surface area (Å²) >= 11 is 0. The van der Waals surface area contributed by atoms with E-state index in [2.05, 4.69) is 27.4 Å². The molecular weight excluding hydrogens is 344 g/mol. The van der Waals surface area contributed by atoms with Crippen LogP contribution in [0, 0.1) is 40.4 Å². The van der Waals surface area contributed by atoms with Crippen molar-refractivity contribution >= 4 is 5.78 Å². The lowest BCUT2D eigenvalue weighted by Crippen LogP contribution is -2.51. The molecular formula is C26H38O2. The highest BCUT2D eigenvalue weighted by atomic mass is 16.5. The Balaban J connectivity index is 1.39. The van der Waals surface area contributed by atoms with Gasteiger partial charge in [-0.15, -0.1) is 0 Å². The van der Waals surface area contributed by atoms with Crippen LogP contribution in [0.4, 0.5) is 0 Å². The molecule has 1 aliphatic heterocycles. The van der Waals surface area contributed by atoms with Crippen molar-refractivity contribution < 1.29 is 9.53 Å². The molecule has 5 aliphatic rings.